The monoisotopic (exact) mass is 356 g/mol. The molecule has 2 rings (SSSR count). The van der Waals surface area contributed by atoms with Gasteiger partial charge in [0.15, 0.2) is 9.84 Å². The van der Waals surface area contributed by atoms with E-state index >= 15 is 0 Å². The fourth-order valence-corrected chi connectivity index (χ4v) is 6.88. The fraction of sp³-hybridized carbons (Fsp3) is 1.00. The molecular weight excluding hydrogens is 316 g/mol. The largest absolute Gasteiger partial charge is 0.229 e. The van der Waals surface area contributed by atoms with Crippen molar-refractivity contribution in [3.8, 4) is 0 Å². The molecule has 2 aliphatic rings. The van der Waals surface area contributed by atoms with E-state index in [1.54, 1.807) is 0 Å². The molecule has 0 aromatic carbocycles. The van der Waals surface area contributed by atoms with Crippen LogP contribution < -0.4 is 0 Å². The number of sulfone groups is 1. The third kappa shape index (κ3) is 4.99. The quantitative estimate of drug-likeness (QED) is 0.523. The summed E-state index contributed by atoms with van der Waals surface area (Å²) in [5, 5.41) is 0. The van der Waals surface area contributed by atoms with E-state index in [0.29, 0.717) is 0 Å². The zero-order valence-electron chi connectivity index (χ0n) is 16.4. The molecule has 3 heteroatoms. The van der Waals surface area contributed by atoms with Crippen LogP contribution in [0.2, 0.25) is 0 Å². The van der Waals surface area contributed by atoms with E-state index in [9.17, 15) is 8.42 Å². The van der Waals surface area contributed by atoms with E-state index in [-0.39, 0.29) is 0 Å². The lowest BCUT2D eigenvalue weighted by Gasteiger charge is -2.43. The van der Waals surface area contributed by atoms with Gasteiger partial charge >= 0.3 is 0 Å². The van der Waals surface area contributed by atoms with Crippen molar-refractivity contribution in [3.05, 3.63) is 0 Å². The van der Waals surface area contributed by atoms with Crippen LogP contribution in [0.15, 0.2) is 0 Å². The summed E-state index contributed by atoms with van der Waals surface area (Å²) < 4.78 is 24.5. The maximum absolute atomic E-state index is 12.4. The molecule has 0 aliphatic heterocycles. The van der Waals surface area contributed by atoms with Crippen LogP contribution >= 0.6 is 0 Å². The van der Waals surface area contributed by atoms with Crippen LogP contribution in [0, 0.1) is 17.8 Å². The Kier molecular flexibility index (Phi) is 7.64. The van der Waals surface area contributed by atoms with Crippen molar-refractivity contribution < 1.29 is 8.42 Å². The Morgan fingerprint density at radius 1 is 0.833 bits per heavy atom. The smallest absolute Gasteiger partial charge is 0.153 e. The molecule has 24 heavy (non-hydrogen) atoms. The Morgan fingerprint density at radius 2 is 1.38 bits per heavy atom. The average molecular weight is 357 g/mol. The van der Waals surface area contributed by atoms with Crippen molar-refractivity contribution in [1.29, 1.82) is 0 Å². The summed E-state index contributed by atoms with van der Waals surface area (Å²) in [6, 6.07) is 0. The molecule has 0 aromatic rings. The lowest BCUT2D eigenvalue weighted by Crippen LogP contribution is -2.43. The van der Waals surface area contributed by atoms with Crippen LogP contribution in [0.3, 0.4) is 0 Å². The molecule has 0 heterocycles. The topological polar surface area (TPSA) is 34.1 Å². The van der Waals surface area contributed by atoms with Crippen LogP contribution in [0.1, 0.15) is 104 Å². The first kappa shape index (κ1) is 20.3. The second-order valence-corrected chi connectivity index (χ2v) is 11.2. The van der Waals surface area contributed by atoms with E-state index in [1.807, 2.05) is 0 Å². The lowest BCUT2D eigenvalue weighted by molar-refractivity contribution is 0.146. The summed E-state index contributed by atoms with van der Waals surface area (Å²) in [5.74, 6) is 2.66. The summed E-state index contributed by atoms with van der Waals surface area (Å²) in [4.78, 5) is 0. The number of rotatable bonds is 8. The zero-order valence-corrected chi connectivity index (χ0v) is 17.2. The average Bonchev–Trinajstić information content (AvgIpc) is 2.58. The lowest BCUT2D eigenvalue weighted by atomic mass is 9.68. The SMILES string of the molecule is CCCCC1CCC(C2CCC(CCCC)(S(C)(=O)=O)CC2)CC1. The van der Waals surface area contributed by atoms with Crippen molar-refractivity contribution in [2.24, 2.45) is 17.8 Å². The molecule has 0 saturated heterocycles. The zero-order chi connectivity index (χ0) is 17.6. The number of unbranched alkanes of at least 4 members (excludes halogenated alkanes) is 2. The van der Waals surface area contributed by atoms with Gasteiger partial charge in [-0.15, -0.1) is 0 Å². The Hall–Kier alpha value is -0.0500. The van der Waals surface area contributed by atoms with Crippen LogP contribution in [-0.4, -0.2) is 19.4 Å². The molecule has 0 unspecified atom stereocenters. The van der Waals surface area contributed by atoms with Gasteiger partial charge in [0.2, 0.25) is 0 Å². The Bertz CT molecular complexity index is 452. The van der Waals surface area contributed by atoms with Gasteiger partial charge in [-0.2, -0.15) is 0 Å². The summed E-state index contributed by atoms with van der Waals surface area (Å²) in [6.45, 7) is 4.46. The van der Waals surface area contributed by atoms with Gasteiger partial charge in [-0.25, -0.2) is 8.42 Å². The molecule has 0 spiro atoms. The molecular formula is C21H40O2S. The minimum Gasteiger partial charge on any atom is -0.229 e. The summed E-state index contributed by atoms with van der Waals surface area (Å²) in [5.41, 5.74) is 0. The molecule has 0 radical (unpaired) electrons. The molecule has 0 atom stereocenters. The Labute approximate surface area is 151 Å². The van der Waals surface area contributed by atoms with Crippen molar-refractivity contribution in [2.45, 2.75) is 108 Å². The van der Waals surface area contributed by atoms with Crippen molar-refractivity contribution in [3.63, 3.8) is 0 Å². The molecule has 2 nitrogen and oxygen atoms in total. The van der Waals surface area contributed by atoms with Crippen LogP contribution in [0.25, 0.3) is 0 Å². The highest BCUT2D eigenvalue weighted by Crippen LogP contribution is 2.47. The highest BCUT2D eigenvalue weighted by atomic mass is 32.2. The van der Waals surface area contributed by atoms with E-state index in [4.69, 9.17) is 0 Å². The maximum Gasteiger partial charge on any atom is 0.153 e. The molecule has 2 aliphatic carbocycles. The molecule has 0 bridgehead atoms. The molecule has 0 aromatic heterocycles. The molecule has 0 N–H and O–H groups in total. The van der Waals surface area contributed by atoms with Crippen molar-refractivity contribution in [1.82, 2.24) is 0 Å². The van der Waals surface area contributed by atoms with E-state index in [2.05, 4.69) is 13.8 Å². The molecule has 2 saturated carbocycles. The minimum atomic E-state index is -2.93. The fourth-order valence-electron chi connectivity index (χ4n) is 5.38. The summed E-state index contributed by atoms with van der Waals surface area (Å²) in [7, 11) is -2.93. The first-order chi connectivity index (χ1) is 11.4. The van der Waals surface area contributed by atoms with Crippen molar-refractivity contribution >= 4 is 9.84 Å². The van der Waals surface area contributed by atoms with Gasteiger partial charge in [-0.05, 0) is 62.7 Å². The first-order valence-corrected chi connectivity index (χ1v) is 12.5. The van der Waals surface area contributed by atoms with Gasteiger partial charge < -0.3 is 0 Å². The third-order valence-electron chi connectivity index (χ3n) is 7.24. The van der Waals surface area contributed by atoms with Crippen LogP contribution in [0.4, 0.5) is 0 Å². The van der Waals surface area contributed by atoms with Crippen molar-refractivity contribution in [2.75, 3.05) is 6.26 Å². The second-order valence-electron chi connectivity index (χ2n) is 8.82. The Morgan fingerprint density at radius 3 is 1.88 bits per heavy atom. The Balaban J connectivity index is 1.85. The highest BCUT2D eigenvalue weighted by Gasteiger charge is 2.44. The number of hydrogen-bond donors (Lipinski definition) is 0. The predicted molar refractivity (Wildman–Crippen MR) is 104 cm³/mol. The standard InChI is InChI=1S/C21H40O2S/c1-4-6-8-18-9-11-19(12-10-18)20-13-16-21(17-14-20,15-7-5-2)24(3,22)23/h18-20H,4-17H2,1-3H3. The predicted octanol–water partition coefficient (Wildman–Crippen LogP) is 6.15. The van der Waals surface area contributed by atoms with Crippen LogP contribution in [0.5, 0.6) is 0 Å². The molecule has 0 amide bonds. The maximum atomic E-state index is 12.4. The third-order valence-corrected chi connectivity index (χ3v) is 9.42. The normalized spacial score (nSPS) is 35.0. The van der Waals surface area contributed by atoms with Crippen LogP contribution in [-0.2, 0) is 9.84 Å². The van der Waals surface area contributed by atoms with Gasteiger partial charge in [0, 0.05) is 6.26 Å². The van der Waals surface area contributed by atoms with Gasteiger partial charge in [0.25, 0.3) is 0 Å². The van der Waals surface area contributed by atoms with Gasteiger partial charge in [-0.1, -0.05) is 58.8 Å². The molecule has 142 valence electrons. The van der Waals surface area contributed by atoms with E-state index < -0.39 is 14.6 Å². The van der Waals surface area contributed by atoms with Gasteiger partial charge in [-0.3, -0.25) is 0 Å². The van der Waals surface area contributed by atoms with Gasteiger partial charge in [0.05, 0.1) is 4.75 Å². The minimum absolute atomic E-state index is 0.391. The highest BCUT2D eigenvalue weighted by molar-refractivity contribution is 7.92. The van der Waals surface area contributed by atoms with E-state index in [1.165, 1.54) is 51.2 Å². The van der Waals surface area contributed by atoms with E-state index in [0.717, 1.165) is 62.7 Å². The van der Waals surface area contributed by atoms with Gasteiger partial charge in [0.1, 0.15) is 0 Å². The summed E-state index contributed by atoms with van der Waals surface area (Å²) in [6.07, 6.45) is 18.5. The number of hydrogen-bond acceptors (Lipinski definition) is 2. The molecule has 2 fully saturated rings. The first-order valence-electron chi connectivity index (χ1n) is 10.6. The summed E-state index contributed by atoms with van der Waals surface area (Å²) >= 11 is 0. The second kappa shape index (κ2) is 9.05.